The Morgan fingerprint density at radius 1 is 0.510 bits per heavy atom. The van der Waals surface area contributed by atoms with E-state index in [0.29, 0.717) is 19.4 Å². The first-order valence-corrected chi connectivity index (χ1v) is 21.4. The first-order chi connectivity index (χ1) is 25.2. The molecule has 1 atom stereocenters. The van der Waals surface area contributed by atoms with Crippen LogP contribution in [0.3, 0.4) is 0 Å². The van der Waals surface area contributed by atoms with Crippen LogP contribution in [0.15, 0.2) is 54.6 Å². The normalized spacial score (nSPS) is 12.2. The highest BCUT2D eigenvalue weighted by Gasteiger charge is 2.17. The van der Waals surface area contributed by atoms with Crippen LogP contribution in [-0.4, -0.2) is 31.3 Å². The van der Waals surface area contributed by atoms with Gasteiger partial charge in [-0.25, -0.2) is 0 Å². The summed E-state index contributed by atoms with van der Waals surface area (Å²) in [6, 6.07) is 9.92. The lowest BCUT2D eigenvalue weighted by Gasteiger charge is -2.18. The van der Waals surface area contributed by atoms with Gasteiger partial charge < -0.3 is 14.2 Å². The molecule has 0 aliphatic rings. The predicted molar refractivity (Wildman–Crippen MR) is 216 cm³/mol. The predicted octanol–water partition coefficient (Wildman–Crippen LogP) is 13.7. The molecule has 0 amide bonds. The smallest absolute Gasteiger partial charge is 0.306 e. The van der Waals surface area contributed by atoms with Gasteiger partial charge in [-0.15, -0.1) is 0 Å². The van der Waals surface area contributed by atoms with Crippen molar-refractivity contribution in [2.75, 3.05) is 13.2 Å². The van der Waals surface area contributed by atoms with Crippen LogP contribution in [0.2, 0.25) is 0 Å². The van der Waals surface area contributed by atoms with Gasteiger partial charge in [0.25, 0.3) is 0 Å². The van der Waals surface area contributed by atoms with Gasteiger partial charge in [0.15, 0.2) is 6.10 Å². The molecular formula is C46H78O5. The third-order valence-corrected chi connectivity index (χ3v) is 9.43. The van der Waals surface area contributed by atoms with Crippen molar-refractivity contribution in [1.29, 1.82) is 0 Å². The molecule has 0 spiro atoms. The van der Waals surface area contributed by atoms with Crippen LogP contribution in [0.1, 0.15) is 199 Å². The van der Waals surface area contributed by atoms with Crippen molar-refractivity contribution in [3.8, 4) is 0 Å². The number of hydrogen-bond donors (Lipinski definition) is 0. The average molecular weight is 711 g/mol. The Balaban J connectivity index is 2.17. The van der Waals surface area contributed by atoms with Crippen molar-refractivity contribution in [3.63, 3.8) is 0 Å². The van der Waals surface area contributed by atoms with E-state index in [9.17, 15) is 9.59 Å². The summed E-state index contributed by atoms with van der Waals surface area (Å²) in [5.74, 6) is -0.469. The van der Waals surface area contributed by atoms with E-state index in [0.717, 1.165) is 56.9 Å². The molecule has 1 rings (SSSR count). The zero-order valence-corrected chi connectivity index (χ0v) is 33.2. The number of esters is 2. The van der Waals surface area contributed by atoms with E-state index in [2.05, 4.69) is 38.2 Å². The van der Waals surface area contributed by atoms with E-state index in [-0.39, 0.29) is 25.2 Å². The van der Waals surface area contributed by atoms with Crippen LogP contribution in [-0.2, 0) is 30.4 Å². The summed E-state index contributed by atoms with van der Waals surface area (Å²) in [4.78, 5) is 25.1. The molecular weight excluding hydrogens is 633 g/mol. The second-order valence-corrected chi connectivity index (χ2v) is 14.5. The highest BCUT2D eigenvalue weighted by Crippen LogP contribution is 2.13. The van der Waals surface area contributed by atoms with E-state index < -0.39 is 6.10 Å². The van der Waals surface area contributed by atoms with E-state index in [1.165, 1.54) is 116 Å². The third kappa shape index (κ3) is 33.2. The van der Waals surface area contributed by atoms with Crippen LogP contribution in [0.25, 0.3) is 0 Å². The molecule has 0 aliphatic heterocycles. The number of rotatable bonds is 37. The maximum absolute atomic E-state index is 12.7. The number of allylic oxidation sites excluding steroid dienone is 4. The third-order valence-electron chi connectivity index (χ3n) is 9.43. The van der Waals surface area contributed by atoms with Gasteiger partial charge in [-0.1, -0.05) is 171 Å². The van der Waals surface area contributed by atoms with Crippen LogP contribution >= 0.6 is 0 Å². The monoisotopic (exact) mass is 711 g/mol. The Hall–Kier alpha value is -2.40. The summed E-state index contributed by atoms with van der Waals surface area (Å²) in [7, 11) is 0. The molecule has 1 aromatic rings. The molecule has 0 bridgehead atoms. The highest BCUT2D eigenvalue weighted by atomic mass is 16.6. The lowest BCUT2D eigenvalue weighted by molar-refractivity contribution is -0.163. The van der Waals surface area contributed by atoms with Gasteiger partial charge in [0.2, 0.25) is 0 Å². The summed E-state index contributed by atoms with van der Waals surface area (Å²) in [6.45, 7) is 5.19. The van der Waals surface area contributed by atoms with Gasteiger partial charge in [0, 0.05) is 12.8 Å². The van der Waals surface area contributed by atoms with Crippen LogP contribution < -0.4 is 0 Å². The molecule has 0 N–H and O–H groups in total. The highest BCUT2D eigenvalue weighted by molar-refractivity contribution is 5.70. The number of carbonyl (C=O) groups excluding carboxylic acids is 2. The quantitative estimate of drug-likeness (QED) is 0.0391. The summed E-state index contributed by atoms with van der Waals surface area (Å²) < 4.78 is 17.1. The molecule has 0 fully saturated rings. The molecule has 5 nitrogen and oxygen atoms in total. The molecule has 0 heterocycles. The van der Waals surface area contributed by atoms with Crippen molar-refractivity contribution in [2.45, 2.75) is 206 Å². The topological polar surface area (TPSA) is 61.8 Å². The molecule has 292 valence electrons. The zero-order valence-electron chi connectivity index (χ0n) is 33.2. The van der Waals surface area contributed by atoms with E-state index in [1.807, 2.05) is 30.3 Å². The number of ether oxygens (including phenoxy) is 3. The minimum absolute atomic E-state index is 0.0385. The molecule has 0 saturated carbocycles. The van der Waals surface area contributed by atoms with Crippen molar-refractivity contribution >= 4 is 11.9 Å². The average Bonchev–Trinajstić information content (AvgIpc) is 3.14. The summed E-state index contributed by atoms with van der Waals surface area (Å²) in [6.07, 6.45) is 41.4. The SMILES string of the molecule is CCCCCCCC/C=C/CCCCCCCC(=O)OCC(COCc1ccccc1)OC(=O)CCCCCCC/C=C/CCCCCCCC. The summed E-state index contributed by atoms with van der Waals surface area (Å²) in [5, 5.41) is 0. The lowest BCUT2D eigenvalue weighted by atomic mass is 10.1. The number of hydrogen-bond acceptors (Lipinski definition) is 5. The fourth-order valence-electron chi connectivity index (χ4n) is 6.18. The van der Waals surface area contributed by atoms with Crippen molar-refractivity contribution in [1.82, 2.24) is 0 Å². The molecule has 0 saturated heterocycles. The van der Waals surface area contributed by atoms with Crippen LogP contribution in [0.4, 0.5) is 0 Å². The minimum Gasteiger partial charge on any atom is -0.462 e. The maximum Gasteiger partial charge on any atom is 0.306 e. The van der Waals surface area contributed by atoms with Crippen molar-refractivity contribution < 1.29 is 23.8 Å². The lowest BCUT2D eigenvalue weighted by Crippen LogP contribution is -2.29. The van der Waals surface area contributed by atoms with Gasteiger partial charge in [0.1, 0.15) is 6.61 Å². The van der Waals surface area contributed by atoms with E-state index in [4.69, 9.17) is 14.2 Å². The fourth-order valence-corrected chi connectivity index (χ4v) is 6.18. The Morgan fingerprint density at radius 2 is 0.922 bits per heavy atom. The molecule has 51 heavy (non-hydrogen) atoms. The molecule has 5 heteroatoms. The van der Waals surface area contributed by atoms with Gasteiger partial charge >= 0.3 is 11.9 Å². The number of unbranched alkanes of at least 4 members (excludes halogenated alkanes) is 22. The molecule has 1 aromatic carbocycles. The largest absolute Gasteiger partial charge is 0.462 e. The Kier molecular flexibility index (Phi) is 34.2. The minimum atomic E-state index is -0.595. The summed E-state index contributed by atoms with van der Waals surface area (Å²) >= 11 is 0. The van der Waals surface area contributed by atoms with E-state index >= 15 is 0 Å². The van der Waals surface area contributed by atoms with Crippen molar-refractivity contribution in [2.24, 2.45) is 0 Å². The molecule has 0 aromatic heterocycles. The zero-order chi connectivity index (χ0) is 36.7. The van der Waals surface area contributed by atoms with Gasteiger partial charge in [-0.3, -0.25) is 9.59 Å². The van der Waals surface area contributed by atoms with Gasteiger partial charge in [-0.2, -0.15) is 0 Å². The van der Waals surface area contributed by atoms with Gasteiger partial charge in [-0.05, 0) is 69.8 Å². The number of benzene rings is 1. The Bertz CT molecular complexity index is 956. The van der Waals surface area contributed by atoms with E-state index in [1.54, 1.807) is 0 Å². The summed E-state index contributed by atoms with van der Waals surface area (Å²) in [5.41, 5.74) is 1.05. The van der Waals surface area contributed by atoms with Crippen LogP contribution in [0.5, 0.6) is 0 Å². The van der Waals surface area contributed by atoms with Crippen LogP contribution in [0, 0.1) is 0 Å². The first kappa shape index (κ1) is 46.6. The van der Waals surface area contributed by atoms with Crippen molar-refractivity contribution in [3.05, 3.63) is 60.2 Å². The Morgan fingerprint density at radius 3 is 1.39 bits per heavy atom. The fraction of sp³-hybridized carbons (Fsp3) is 0.739. The molecule has 1 unspecified atom stereocenters. The number of carbonyl (C=O) groups is 2. The van der Waals surface area contributed by atoms with Gasteiger partial charge in [0.05, 0.1) is 13.2 Å². The second kappa shape index (κ2) is 37.4. The maximum atomic E-state index is 12.7. The standard InChI is InChI=1S/C46H78O5/c1-3-5-7-9-11-13-15-17-19-21-23-25-27-29-34-38-45(47)50-42-44(41-49-40-43-36-32-31-33-37-43)51-46(48)39-35-30-28-26-24-22-20-18-16-14-12-10-8-6-4-2/h17-20,31-33,36-37,44H,3-16,21-30,34-35,38-42H2,1-2H3/b19-17+,20-18+. The second-order valence-electron chi connectivity index (χ2n) is 14.5. The molecule has 0 aliphatic carbocycles. The Labute approximate surface area is 314 Å². The molecule has 0 radical (unpaired) electrons. The first-order valence-electron chi connectivity index (χ1n) is 21.4.